The molecular formula is C26H27Cl2FO5. The van der Waals surface area contributed by atoms with Crippen LogP contribution >= 0.6 is 23.2 Å². The third-order valence-electron chi connectivity index (χ3n) is 5.22. The predicted octanol–water partition coefficient (Wildman–Crippen LogP) is 7.01. The molecule has 0 bridgehead atoms. The molecule has 182 valence electrons. The molecule has 1 fully saturated rings. The van der Waals surface area contributed by atoms with Gasteiger partial charge in [-0.25, -0.2) is 9.18 Å². The number of esters is 1. The number of hydrogen-bond acceptors (Lipinski definition) is 5. The first-order valence-electron chi connectivity index (χ1n) is 11.0. The summed E-state index contributed by atoms with van der Waals surface area (Å²) >= 11 is 12.0. The van der Waals surface area contributed by atoms with Crippen molar-refractivity contribution in [2.75, 3.05) is 13.2 Å². The highest BCUT2D eigenvalue weighted by Crippen LogP contribution is 2.30. The van der Waals surface area contributed by atoms with Gasteiger partial charge in [0.05, 0.1) is 17.7 Å². The van der Waals surface area contributed by atoms with Crippen LogP contribution in [0, 0.1) is 5.82 Å². The molecule has 1 unspecified atom stereocenters. The van der Waals surface area contributed by atoms with Gasteiger partial charge in [-0.15, -0.1) is 0 Å². The van der Waals surface area contributed by atoms with Crippen LogP contribution in [0.2, 0.25) is 10.0 Å². The molecule has 0 amide bonds. The normalized spacial score (nSPS) is 18.6. The highest BCUT2D eigenvalue weighted by Gasteiger charge is 2.28. The van der Waals surface area contributed by atoms with Gasteiger partial charge in [-0.3, -0.25) is 0 Å². The minimum absolute atomic E-state index is 0.0962. The van der Waals surface area contributed by atoms with E-state index in [1.165, 1.54) is 12.1 Å². The van der Waals surface area contributed by atoms with Crippen LogP contribution < -0.4 is 9.47 Å². The van der Waals surface area contributed by atoms with Crippen LogP contribution in [0.15, 0.2) is 53.6 Å². The molecule has 5 nitrogen and oxygen atoms in total. The fourth-order valence-electron chi connectivity index (χ4n) is 3.41. The molecule has 3 rings (SSSR count). The zero-order valence-corrected chi connectivity index (χ0v) is 20.8. The molecule has 0 N–H and O–H groups in total. The van der Waals surface area contributed by atoms with Gasteiger partial charge in [0.25, 0.3) is 0 Å². The number of halogens is 3. The number of ether oxygens (including phenoxy) is 4. The highest BCUT2D eigenvalue weighted by molar-refractivity contribution is 6.35. The zero-order valence-electron chi connectivity index (χ0n) is 19.3. The summed E-state index contributed by atoms with van der Waals surface area (Å²) in [6, 6.07) is 9.58. The summed E-state index contributed by atoms with van der Waals surface area (Å²) < 4.78 is 36.9. The molecule has 0 aromatic heterocycles. The quantitative estimate of drug-likeness (QED) is 0.207. The first kappa shape index (κ1) is 26.1. The minimum Gasteiger partial charge on any atom is -0.488 e. The zero-order chi connectivity index (χ0) is 24.7. The SMILES string of the molecule is CCOC(=O)/C(C)=C/c1ccc(OC2CC[C@@H](/C(C)=C/COc3ccc(Cl)cc3Cl)O2)c(F)c1. The molecule has 0 radical (unpaired) electrons. The lowest BCUT2D eigenvalue weighted by Gasteiger charge is -2.17. The van der Waals surface area contributed by atoms with E-state index in [0.717, 1.165) is 12.0 Å². The van der Waals surface area contributed by atoms with E-state index in [9.17, 15) is 9.18 Å². The smallest absolute Gasteiger partial charge is 0.333 e. The van der Waals surface area contributed by atoms with Gasteiger partial charge in [-0.1, -0.05) is 29.3 Å². The van der Waals surface area contributed by atoms with Gasteiger partial charge >= 0.3 is 5.97 Å². The van der Waals surface area contributed by atoms with Gasteiger partial charge in [-0.05, 0) is 80.8 Å². The number of hydrogen-bond donors (Lipinski definition) is 0. The van der Waals surface area contributed by atoms with Crippen LogP contribution in [0.4, 0.5) is 4.39 Å². The van der Waals surface area contributed by atoms with Gasteiger partial charge in [-0.2, -0.15) is 0 Å². The second-order valence-electron chi connectivity index (χ2n) is 7.82. The van der Waals surface area contributed by atoms with Crippen LogP contribution in [0.3, 0.4) is 0 Å². The first-order chi connectivity index (χ1) is 16.3. The number of benzene rings is 2. The number of rotatable bonds is 9. The van der Waals surface area contributed by atoms with Gasteiger partial charge < -0.3 is 18.9 Å². The van der Waals surface area contributed by atoms with Gasteiger partial charge in [0.2, 0.25) is 6.29 Å². The van der Waals surface area contributed by atoms with Crippen molar-refractivity contribution < 1.29 is 28.1 Å². The summed E-state index contributed by atoms with van der Waals surface area (Å²) in [5, 5.41) is 0.993. The third-order valence-corrected chi connectivity index (χ3v) is 5.75. The Bertz CT molecular complexity index is 1080. The topological polar surface area (TPSA) is 54.0 Å². The molecule has 1 heterocycles. The molecule has 2 atom stereocenters. The van der Waals surface area contributed by atoms with Crippen molar-refractivity contribution in [2.24, 2.45) is 0 Å². The van der Waals surface area contributed by atoms with Crippen LogP contribution in [-0.2, 0) is 14.3 Å². The Hall–Kier alpha value is -2.54. The van der Waals surface area contributed by atoms with Crippen molar-refractivity contribution in [3.63, 3.8) is 0 Å². The Labute approximate surface area is 209 Å². The maximum atomic E-state index is 14.6. The van der Waals surface area contributed by atoms with Crippen LogP contribution in [0.25, 0.3) is 6.08 Å². The third kappa shape index (κ3) is 7.23. The second kappa shape index (κ2) is 12.2. The van der Waals surface area contributed by atoms with E-state index >= 15 is 0 Å². The summed E-state index contributed by atoms with van der Waals surface area (Å²) in [5.41, 5.74) is 1.92. The molecule has 8 heteroatoms. The average Bonchev–Trinajstić information content (AvgIpc) is 3.26. The summed E-state index contributed by atoms with van der Waals surface area (Å²) in [5.74, 6) is -0.314. The fraction of sp³-hybridized carbons (Fsp3) is 0.346. The van der Waals surface area contributed by atoms with Crippen molar-refractivity contribution in [1.82, 2.24) is 0 Å². The molecular weight excluding hydrogens is 482 g/mol. The molecule has 2 aromatic carbocycles. The Balaban J connectivity index is 1.53. The van der Waals surface area contributed by atoms with E-state index in [-0.39, 0.29) is 18.5 Å². The van der Waals surface area contributed by atoms with Gasteiger partial charge in [0.15, 0.2) is 11.6 Å². The molecule has 0 aliphatic carbocycles. The van der Waals surface area contributed by atoms with Crippen LogP contribution in [0.1, 0.15) is 39.2 Å². The van der Waals surface area contributed by atoms with E-state index in [4.69, 9.17) is 42.1 Å². The summed E-state index contributed by atoms with van der Waals surface area (Å²) in [4.78, 5) is 11.7. The first-order valence-corrected chi connectivity index (χ1v) is 11.7. The summed E-state index contributed by atoms with van der Waals surface area (Å²) in [6.07, 6.45) is 4.16. The number of carbonyl (C=O) groups excluding carboxylic acids is 1. The van der Waals surface area contributed by atoms with Crippen molar-refractivity contribution >= 4 is 35.2 Å². The van der Waals surface area contributed by atoms with Crippen LogP contribution in [0.5, 0.6) is 11.5 Å². The van der Waals surface area contributed by atoms with Crippen molar-refractivity contribution in [2.45, 2.75) is 46.0 Å². The highest BCUT2D eigenvalue weighted by atomic mass is 35.5. The Kier molecular flexibility index (Phi) is 9.39. The maximum absolute atomic E-state index is 14.6. The standard InChI is InChI=1S/C26H27Cl2FO5/c1-4-31-26(30)17(3)13-18-5-7-24(21(29)14-18)34-25-10-9-22(33-25)16(2)11-12-32-23-8-6-19(27)15-20(23)28/h5-8,11,13-15,22,25H,4,9-10,12H2,1-3H3/b16-11+,17-13+/t22-,25?/m0/s1. The van der Waals surface area contributed by atoms with Crippen molar-refractivity contribution in [3.05, 3.63) is 75.0 Å². The molecule has 0 saturated carbocycles. The molecule has 0 spiro atoms. The molecule has 1 saturated heterocycles. The van der Waals surface area contributed by atoms with Gasteiger partial charge in [0, 0.05) is 17.0 Å². The van der Waals surface area contributed by atoms with E-state index < -0.39 is 18.1 Å². The summed E-state index contributed by atoms with van der Waals surface area (Å²) in [7, 11) is 0. The van der Waals surface area contributed by atoms with Crippen LogP contribution in [-0.4, -0.2) is 31.6 Å². The lowest BCUT2D eigenvalue weighted by atomic mass is 10.1. The Morgan fingerprint density at radius 2 is 1.91 bits per heavy atom. The van der Waals surface area contributed by atoms with E-state index in [1.54, 1.807) is 44.2 Å². The van der Waals surface area contributed by atoms with E-state index in [1.807, 2.05) is 13.0 Å². The molecule has 2 aromatic rings. The van der Waals surface area contributed by atoms with Crippen molar-refractivity contribution in [1.29, 1.82) is 0 Å². The van der Waals surface area contributed by atoms with Gasteiger partial charge in [0.1, 0.15) is 12.4 Å². The molecule has 1 aliphatic rings. The Morgan fingerprint density at radius 3 is 2.62 bits per heavy atom. The fourth-order valence-corrected chi connectivity index (χ4v) is 3.88. The Morgan fingerprint density at radius 1 is 1.15 bits per heavy atom. The van der Waals surface area contributed by atoms with E-state index in [0.29, 0.717) is 40.0 Å². The molecule has 34 heavy (non-hydrogen) atoms. The predicted molar refractivity (Wildman–Crippen MR) is 131 cm³/mol. The largest absolute Gasteiger partial charge is 0.488 e. The molecule has 1 aliphatic heterocycles. The summed E-state index contributed by atoms with van der Waals surface area (Å²) in [6.45, 7) is 5.92. The van der Waals surface area contributed by atoms with Crippen molar-refractivity contribution in [3.8, 4) is 11.5 Å². The second-order valence-corrected chi connectivity index (χ2v) is 8.66. The van der Waals surface area contributed by atoms with E-state index in [2.05, 4.69) is 0 Å². The maximum Gasteiger partial charge on any atom is 0.333 e. The lowest BCUT2D eigenvalue weighted by Crippen LogP contribution is -2.18. The monoisotopic (exact) mass is 508 g/mol. The minimum atomic E-state index is -0.558. The number of carbonyl (C=O) groups is 1. The lowest BCUT2D eigenvalue weighted by molar-refractivity contribution is -0.138. The average molecular weight is 509 g/mol.